The SMILES string of the molecule is C=C(CCC)C(=N)/N=C(\C)CC(F)CC. The van der Waals surface area contributed by atoms with Crippen LogP contribution < -0.4 is 0 Å². The highest BCUT2D eigenvalue weighted by molar-refractivity contribution is 6.04. The van der Waals surface area contributed by atoms with E-state index in [0.717, 1.165) is 18.4 Å². The molecule has 0 aromatic heterocycles. The van der Waals surface area contributed by atoms with E-state index in [0.29, 0.717) is 18.6 Å². The highest BCUT2D eigenvalue weighted by Crippen LogP contribution is 2.08. The van der Waals surface area contributed by atoms with Gasteiger partial charge in [0.2, 0.25) is 0 Å². The lowest BCUT2D eigenvalue weighted by molar-refractivity contribution is 0.334. The number of alkyl halides is 1. The number of amidine groups is 1. The van der Waals surface area contributed by atoms with Crippen LogP contribution in [0.3, 0.4) is 0 Å². The average Bonchev–Trinajstić information content (AvgIpc) is 2.17. The number of hydrogen-bond donors (Lipinski definition) is 1. The van der Waals surface area contributed by atoms with Gasteiger partial charge in [0.05, 0.1) is 0 Å². The first kappa shape index (κ1) is 14.0. The Balaban J connectivity index is 4.22. The van der Waals surface area contributed by atoms with Gasteiger partial charge in [-0.2, -0.15) is 0 Å². The van der Waals surface area contributed by atoms with Gasteiger partial charge < -0.3 is 0 Å². The smallest absolute Gasteiger partial charge is 0.146 e. The summed E-state index contributed by atoms with van der Waals surface area (Å²) >= 11 is 0. The van der Waals surface area contributed by atoms with Crippen molar-refractivity contribution in [2.45, 2.75) is 52.6 Å². The van der Waals surface area contributed by atoms with Gasteiger partial charge in [-0.15, -0.1) is 0 Å². The van der Waals surface area contributed by atoms with Gasteiger partial charge in [0.15, 0.2) is 0 Å². The molecular weight excluding hydrogens is 191 g/mol. The van der Waals surface area contributed by atoms with E-state index < -0.39 is 6.17 Å². The van der Waals surface area contributed by atoms with Crippen molar-refractivity contribution in [1.29, 1.82) is 5.41 Å². The lowest BCUT2D eigenvalue weighted by atomic mass is 10.1. The summed E-state index contributed by atoms with van der Waals surface area (Å²) in [7, 11) is 0. The highest BCUT2D eigenvalue weighted by atomic mass is 19.1. The van der Waals surface area contributed by atoms with Crippen molar-refractivity contribution >= 4 is 11.5 Å². The number of nitrogens with zero attached hydrogens (tertiary/aromatic N) is 1. The molecule has 15 heavy (non-hydrogen) atoms. The number of hydrogen-bond acceptors (Lipinski definition) is 1. The molecule has 2 nitrogen and oxygen atoms in total. The fourth-order valence-corrected chi connectivity index (χ4v) is 1.20. The molecule has 0 heterocycles. The molecule has 3 heteroatoms. The second kappa shape index (κ2) is 7.32. The van der Waals surface area contributed by atoms with Crippen LogP contribution in [0.4, 0.5) is 4.39 Å². The van der Waals surface area contributed by atoms with Crippen LogP contribution >= 0.6 is 0 Å². The molecule has 0 saturated heterocycles. The summed E-state index contributed by atoms with van der Waals surface area (Å²) in [5.41, 5.74) is 1.40. The minimum atomic E-state index is -0.846. The third-order valence-corrected chi connectivity index (χ3v) is 2.15. The Labute approximate surface area is 91.8 Å². The highest BCUT2D eigenvalue weighted by Gasteiger charge is 2.06. The predicted molar refractivity (Wildman–Crippen MR) is 64.7 cm³/mol. The lowest BCUT2D eigenvalue weighted by Gasteiger charge is -2.06. The van der Waals surface area contributed by atoms with E-state index in [1.54, 1.807) is 13.8 Å². The van der Waals surface area contributed by atoms with Crippen molar-refractivity contribution in [3.05, 3.63) is 12.2 Å². The fraction of sp³-hybridized carbons (Fsp3) is 0.667. The normalized spacial score (nSPS) is 13.7. The van der Waals surface area contributed by atoms with Gasteiger partial charge in [0.25, 0.3) is 0 Å². The molecule has 0 aliphatic heterocycles. The molecule has 0 saturated carbocycles. The van der Waals surface area contributed by atoms with Crippen LogP contribution in [0.1, 0.15) is 46.5 Å². The van der Waals surface area contributed by atoms with E-state index in [1.807, 2.05) is 6.92 Å². The number of aliphatic imine (C=N–C) groups is 1. The molecule has 1 unspecified atom stereocenters. The molecule has 0 aromatic carbocycles. The van der Waals surface area contributed by atoms with Crippen molar-refractivity contribution in [3.63, 3.8) is 0 Å². The maximum absolute atomic E-state index is 13.0. The first-order valence-corrected chi connectivity index (χ1v) is 5.46. The molecule has 86 valence electrons. The summed E-state index contributed by atoms with van der Waals surface area (Å²) in [6.07, 6.45) is 1.70. The summed E-state index contributed by atoms with van der Waals surface area (Å²) < 4.78 is 13.0. The Hall–Kier alpha value is -0.990. The Kier molecular flexibility index (Phi) is 6.84. The zero-order valence-corrected chi connectivity index (χ0v) is 9.94. The Morgan fingerprint density at radius 1 is 1.47 bits per heavy atom. The van der Waals surface area contributed by atoms with Crippen molar-refractivity contribution in [2.75, 3.05) is 0 Å². The van der Waals surface area contributed by atoms with Gasteiger partial charge in [-0.25, -0.2) is 9.38 Å². The first-order chi connectivity index (χ1) is 7.01. The van der Waals surface area contributed by atoms with E-state index in [4.69, 9.17) is 5.41 Å². The predicted octanol–water partition coefficient (Wildman–Crippen LogP) is 3.92. The second-order valence-electron chi connectivity index (χ2n) is 3.76. The number of rotatable bonds is 6. The van der Waals surface area contributed by atoms with Gasteiger partial charge in [0.1, 0.15) is 12.0 Å². The molecule has 1 N–H and O–H groups in total. The standard InChI is InChI=1S/C12H21FN2/c1-5-7-9(3)12(14)15-10(4)8-11(13)6-2/h11,14H,3,5-8H2,1-2,4H3/b14-12?,15-10+. The minimum Gasteiger partial charge on any atom is -0.283 e. The van der Waals surface area contributed by atoms with E-state index in [2.05, 4.69) is 11.6 Å². The summed E-state index contributed by atoms with van der Waals surface area (Å²) in [5, 5.41) is 7.62. The topological polar surface area (TPSA) is 36.2 Å². The van der Waals surface area contributed by atoms with Crippen molar-refractivity contribution < 1.29 is 4.39 Å². The Morgan fingerprint density at radius 3 is 2.53 bits per heavy atom. The van der Waals surface area contributed by atoms with E-state index in [-0.39, 0.29) is 5.84 Å². The maximum atomic E-state index is 13.0. The minimum absolute atomic E-state index is 0.192. The molecule has 0 aliphatic carbocycles. The lowest BCUT2D eigenvalue weighted by Crippen LogP contribution is -2.08. The first-order valence-electron chi connectivity index (χ1n) is 5.46. The fourth-order valence-electron chi connectivity index (χ4n) is 1.20. The van der Waals surface area contributed by atoms with Crippen LogP contribution in [0.25, 0.3) is 0 Å². The summed E-state index contributed by atoms with van der Waals surface area (Å²) in [4.78, 5) is 4.04. The van der Waals surface area contributed by atoms with Crippen LogP contribution in [-0.4, -0.2) is 17.7 Å². The molecular formula is C12H21FN2. The number of nitrogens with one attached hydrogen (secondary N) is 1. The van der Waals surface area contributed by atoms with Gasteiger partial charge >= 0.3 is 0 Å². The largest absolute Gasteiger partial charge is 0.283 e. The molecule has 0 amide bonds. The molecule has 0 rings (SSSR count). The quantitative estimate of drug-likeness (QED) is 0.512. The van der Waals surface area contributed by atoms with Gasteiger partial charge in [-0.1, -0.05) is 26.8 Å². The molecule has 1 atom stereocenters. The maximum Gasteiger partial charge on any atom is 0.146 e. The number of halogens is 1. The van der Waals surface area contributed by atoms with Crippen molar-refractivity contribution in [3.8, 4) is 0 Å². The molecule has 0 aliphatic rings. The Morgan fingerprint density at radius 2 is 2.07 bits per heavy atom. The van der Waals surface area contributed by atoms with Gasteiger partial charge in [0, 0.05) is 12.1 Å². The van der Waals surface area contributed by atoms with Gasteiger partial charge in [-0.05, 0) is 25.3 Å². The van der Waals surface area contributed by atoms with E-state index in [9.17, 15) is 4.39 Å². The molecule has 0 spiro atoms. The summed E-state index contributed by atoms with van der Waals surface area (Å²) in [6.45, 7) is 9.37. The van der Waals surface area contributed by atoms with E-state index >= 15 is 0 Å². The molecule has 0 fully saturated rings. The zero-order valence-electron chi connectivity index (χ0n) is 9.94. The van der Waals surface area contributed by atoms with Crippen LogP contribution in [0.5, 0.6) is 0 Å². The Bertz CT molecular complexity index is 256. The molecule has 0 bridgehead atoms. The zero-order chi connectivity index (χ0) is 11.8. The van der Waals surface area contributed by atoms with Crippen molar-refractivity contribution in [2.24, 2.45) is 4.99 Å². The monoisotopic (exact) mass is 212 g/mol. The second-order valence-corrected chi connectivity index (χ2v) is 3.76. The van der Waals surface area contributed by atoms with Crippen LogP contribution in [0, 0.1) is 5.41 Å². The molecule has 0 aromatic rings. The average molecular weight is 212 g/mol. The van der Waals surface area contributed by atoms with Crippen LogP contribution in [0.15, 0.2) is 17.1 Å². The van der Waals surface area contributed by atoms with Crippen molar-refractivity contribution in [1.82, 2.24) is 0 Å². The van der Waals surface area contributed by atoms with E-state index in [1.165, 1.54) is 0 Å². The molecule has 0 radical (unpaired) electrons. The van der Waals surface area contributed by atoms with Gasteiger partial charge in [-0.3, -0.25) is 5.41 Å². The van der Waals surface area contributed by atoms with Crippen LogP contribution in [-0.2, 0) is 0 Å². The third-order valence-electron chi connectivity index (χ3n) is 2.15. The third kappa shape index (κ3) is 6.15. The summed E-state index contributed by atoms with van der Waals surface area (Å²) in [5.74, 6) is 0.192. The summed E-state index contributed by atoms with van der Waals surface area (Å²) in [6, 6.07) is 0. The van der Waals surface area contributed by atoms with Crippen LogP contribution in [0.2, 0.25) is 0 Å².